The van der Waals surface area contributed by atoms with E-state index in [4.69, 9.17) is 9.47 Å². The molecule has 4 heteroatoms. The van der Waals surface area contributed by atoms with Crippen LogP contribution in [0.3, 0.4) is 0 Å². The van der Waals surface area contributed by atoms with Gasteiger partial charge in [-0.2, -0.15) is 0 Å². The lowest BCUT2D eigenvalue weighted by atomic mass is 10.1. The van der Waals surface area contributed by atoms with E-state index in [1.807, 2.05) is 37.3 Å². The summed E-state index contributed by atoms with van der Waals surface area (Å²) in [6, 6.07) is 15.1. The molecule has 108 valence electrons. The Kier molecular flexibility index (Phi) is 3.77. The first-order chi connectivity index (χ1) is 10.2. The van der Waals surface area contributed by atoms with Gasteiger partial charge in [0.2, 0.25) is 0 Å². The molecule has 1 aliphatic heterocycles. The Balaban J connectivity index is 1.73. The molecule has 2 aromatic rings. The van der Waals surface area contributed by atoms with E-state index < -0.39 is 0 Å². The molecular formula is C17H17NO3. The van der Waals surface area contributed by atoms with Crippen LogP contribution in [-0.4, -0.2) is 19.1 Å². The highest BCUT2D eigenvalue weighted by atomic mass is 16.6. The number of ether oxygens (including phenoxy) is 2. The van der Waals surface area contributed by atoms with Gasteiger partial charge in [-0.25, -0.2) is 0 Å². The third-order valence-electron chi connectivity index (χ3n) is 3.45. The molecule has 2 aromatic carbocycles. The van der Waals surface area contributed by atoms with Gasteiger partial charge < -0.3 is 14.8 Å². The SMILES string of the molecule is CC(NC(=O)c1ccc2c(c1)OCCO2)c1ccccc1. The van der Waals surface area contributed by atoms with Crippen molar-refractivity contribution in [1.82, 2.24) is 5.32 Å². The fourth-order valence-corrected chi connectivity index (χ4v) is 2.29. The van der Waals surface area contributed by atoms with Crippen molar-refractivity contribution in [1.29, 1.82) is 0 Å². The van der Waals surface area contributed by atoms with E-state index >= 15 is 0 Å². The highest BCUT2D eigenvalue weighted by molar-refractivity contribution is 5.95. The molecule has 0 saturated carbocycles. The molecule has 1 heterocycles. The molecule has 0 fully saturated rings. The van der Waals surface area contributed by atoms with Gasteiger partial charge in [0.1, 0.15) is 13.2 Å². The lowest BCUT2D eigenvalue weighted by Crippen LogP contribution is -2.26. The molecule has 4 nitrogen and oxygen atoms in total. The van der Waals surface area contributed by atoms with E-state index in [9.17, 15) is 4.79 Å². The zero-order chi connectivity index (χ0) is 14.7. The number of carbonyl (C=O) groups excluding carboxylic acids is 1. The first-order valence-corrected chi connectivity index (χ1v) is 6.99. The summed E-state index contributed by atoms with van der Waals surface area (Å²) in [5, 5.41) is 2.98. The minimum absolute atomic E-state index is 0.0492. The van der Waals surface area contributed by atoms with Crippen molar-refractivity contribution in [2.24, 2.45) is 0 Å². The quantitative estimate of drug-likeness (QED) is 0.942. The first-order valence-electron chi connectivity index (χ1n) is 6.99. The molecule has 0 aliphatic carbocycles. The number of benzene rings is 2. The average Bonchev–Trinajstić information content (AvgIpc) is 2.55. The van der Waals surface area contributed by atoms with Crippen molar-refractivity contribution in [2.45, 2.75) is 13.0 Å². The number of nitrogens with one attached hydrogen (secondary N) is 1. The minimum Gasteiger partial charge on any atom is -0.486 e. The van der Waals surface area contributed by atoms with Crippen LogP contribution < -0.4 is 14.8 Å². The Labute approximate surface area is 123 Å². The van der Waals surface area contributed by atoms with Crippen LogP contribution in [0.5, 0.6) is 11.5 Å². The van der Waals surface area contributed by atoms with Crippen molar-refractivity contribution < 1.29 is 14.3 Å². The predicted octanol–water partition coefficient (Wildman–Crippen LogP) is 2.95. The molecule has 1 aliphatic rings. The van der Waals surface area contributed by atoms with E-state index in [1.165, 1.54) is 0 Å². The van der Waals surface area contributed by atoms with Crippen LogP contribution in [0.4, 0.5) is 0 Å². The summed E-state index contributed by atoms with van der Waals surface area (Å²) in [7, 11) is 0. The van der Waals surface area contributed by atoms with Crippen molar-refractivity contribution in [3.63, 3.8) is 0 Å². The third-order valence-corrected chi connectivity index (χ3v) is 3.45. The van der Waals surface area contributed by atoms with Gasteiger partial charge in [0.15, 0.2) is 11.5 Å². The molecule has 3 rings (SSSR count). The van der Waals surface area contributed by atoms with E-state index in [0.717, 1.165) is 5.56 Å². The Bertz CT molecular complexity index is 640. The smallest absolute Gasteiger partial charge is 0.251 e. The van der Waals surface area contributed by atoms with Crippen molar-refractivity contribution in [2.75, 3.05) is 13.2 Å². The molecular weight excluding hydrogens is 266 g/mol. The van der Waals surface area contributed by atoms with Crippen LogP contribution in [0.2, 0.25) is 0 Å². The Morgan fingerprint density at radius 1 is 1.05 bits per heavy atom. The summed E-state index contributed by atoms with van der Waals surface area (Å²) in [4.78, 5) is 12.3. The van der Waals surface area contributed by atoms with E-state index in [0.29, 0.717) is 30.3 Å². The van der Waals surface area contributed by atoms with Crippen LogP contribution >= 0.6 is 0 Å². The molecule has 1 unspecified atom stereocenters. The van der Waals surface area contributed by atoms with Gasteiger partial charge in [-0.15, -0.1) is 0 Å². The van der Waals surface area contributed by atoms with E-state index in [-0.39, 0.29) is 11.9 Å². The Morgan fingerprint density at radius 3 is 2.52 bits per heavy atom. The van der Waals surface area contributed by atoms with Gasteiger partial charge in [0.25, 0.3) is 5.91 Å². The fraction of sp³-hybridized carbons (Fsp3) is 0.235. The molecule has 1 atom stereocenters. The van der Waals surface area contributed by atoms with Crippen LogP contribution in [0.15, 0.2) is 48.5 Å². The molecule has 0 aromatic heterocycles. The Morgan fingerprint density at radius 2 is 1.76 bits per heavy atom. The fourth-order valence-electron chi connectivity index (χ4n) is 2.29. The summed E-state index contributed by atoms with van der Waals surface area (Å²) in [5.74, 6) is 1.19. The summed E-state index contributed by atoms with van der Waals surface area (Å²) in [6.07, 6.45) is 0. The summed E-state index contributed by atoms with van der Waals surface area (Å²) in [6.45, 7) is 3.02. The van der Waals surface area contributed by atoms with Crippen molar-refractivity contribution in [3.05, 3.63) is 59.7 Å². The summed E-state index contributed by atoms with van der Waals surface area (Å²) >= 11 is 0. The zero-order valence-electron chi connectivity index (χ0n) is 11.8. The van der Waals surface area contributed by atoms with Gasteiger partial charge in [-0.05, 0) is 30.7 Å². The number of amides is 1. The standard InChI is InChI=1S/C17H17NO3/c1-12(13-5-3-2-4-6-13)18-17(19)14-7-8-15-16(11-14)21-10-9-20-15/h2-8,11-12H,9-10H2,1H3,(H,18,19). The number of rotatable bonds is 3. The second kappa shape index (κ2) is 5.87. The maximum absolute atomic E-state index is 12.3. The number of hydrogen-bond acceptors (Lipinski definition) is 3. The van der Waals surface area contributed by atoms with Crippen LogP contribution in [-0.2, 0) is 0 Å². The van der Waals surface area contributed by atoms with Crippen LogP contribution in [0.25, 0.3) is 0 Å². The monoisotopic (exact) mass is 283 g/mol. The molecule has 1 N–H and O–H groups in total. The second-order valence-electron chi connectivity index (χ2n) is 4.96. The predicted molar refractivity (Wildman–Crippen MR) is 79.8 cm³/mol. The maximum atomic E-state index is 12.3. The van der Waals surface area contributed by atoms with Crippen molar-refractivity contribution in [3.8, 4) is 11.5 Å². The van der Waals surface area contributed by atoms with Gasteiger partial charge in [0.05, 0.1) is 6.04 Å². The number of fused-ring (bicyclic) bond motifs is 1. The number of hydrogen-bond donors (Lipinski definition) is 1. The van der Waals surface area contributed by atoms with Gasteiger partial charge in [0, 0.05) is 5.56 Å². The molecule has 0 saturated heterocycles. The maximum Gasteiger partial charge on any atom is 0.251 e. The minimum atomic E-state index is -0.122. The Hall–Kier alpha value is -2.49. The average molecular weight is 283 g/mol. The third kappa shape index (κ3) is 2.99. The summed E-state index contributed by atoms with van der Waals surface area (Å²) < 4.78 is 11.0. The highest BCUT2D eigenvalue weighted by Crippen LogP contribution is 2.30. The van der Waals surface area contributed by atoms with Crippen LogP contribution in [0, 0.1) is 0 Å². The van der Waals surface area contributed by atoms with E-state index in [2.05, 4.69) is 5.32 Å². The molecule has 0 radical (unpaired) electrons. The van der Waals surface area contributed by atoms with Gasteiger partial charge in [-0.1, -0.05) is 30.3 Å². The number of carbonyl (C=O) groups is 1. The second-order valence-corrected chi connectivity index (χ2v) is 4.96. The molecule has 0 bridgehead atoms. The first kappa shape index (κ1) is 13.5. The van der Waals surface area contributed by atoms with Crippen molar-refractivity contribution >= 4 is 5.91 Å². The summed E-state index contributed by atoms with van der Waals surface area (Å²) in [5.41, 5.74) is 1.64. The largest absolute Gasteiger partial charge is 0.486 e. The zero-order valence-corrected chi connectivity index (χ0v) is 11.8. The molecule has 21 heavy (non-hydrogen) atoms. The topological polar surface area (TPSA) is 47.6 Å². The normalized spacial score (nSPS) is 14.3. The van der Waals surface area contributed by atoms with E-state index in [1.54, 1.807) is 18.2 Å². The lowest BCUT2D eigenvalue weighted by Gasteiger charge is -2.19. The highest BCUT2D eigenvalue weighted by Gasteiger charge is 2.16. The van der Waals surface area contributed by atoms with Gasteiger partial charge in [-0.3, -0.25) is 4.79 Å². The van der Waals surface area contributed by atoms with Crippen LogP contribution in [0.1, 0.15) is 28.9 Å². The lowest BCUT2D eigenvalue weighted by molar-refractivity contribution is 0.0938. The van der Waals surface area contributed by atoms with Gasteiger partial charge >= 0.3 is 0 Å². The molecule has 1 amide bonds. The molecule has 0 spiro atoms.